The van der Waals surface area contributed by atoms with Crippen LogP contribution < -0.4 is 5.32 Å². The average molecular weight is 392 g/mol. The first-order valence-electron chi connectivity index (χ1n) is 9.25. The van der Waals surface area contributed by atoms with E-state index in [9.17, 15) is 9.90 Å². The van der Waals surface area contributed by atoms with Gasteiger partial charge in [-0.3, -0.25) is 4.79 Å². The number of phenolic OH excluding ortho intramolecular Hbond substituents is 1. The molecule has 0 aliphatic heterocycles. The Bertz CT molecular complexity index is 464. The van der Waals surface area contributed by atoms with Gasteiger partial charge in [0, 0.05) is 43.2 Å². The van der Waals surface area contributed by atoms with Crippen LogP contribution in [0.5, 0.6) is 5.75 Å². The van der Waals surface area contributed by atoms with Gasteiger partial charge in [0.2, 0.25) is 0 Å². The van der Waals surface area contributed by atoms with Crippen LogP contribution in [-0.2, 0) is 11.2 Å². The summed E-state index contributed by atoms with van der Waals surface area (Å²) in [6.07, 6.45) is 1.90. The third-order valence-electron chi connectivity index (χ3n) is 2.78. The summed E-state index contributed by atoms with van der Waals surface area (Å²) in [5, 5.41) is 12.3. The van der Waals surface area contributed by atoms with Gasteiger partial charge in [-0.2, -0.15) is 0 Å². The quantitative estimate of drug-likeness (QED) is 0.702. The SMILES string of the molecule is CC(C)(C)C.CCC.CNC(Cc1ccc(O)cc1)C(=O)C(C)(C)C.[Ar]. The van der Waals surface area contributed by atoms with Gasteiger partial charge >= 0.3 is 0 Å². The summed E-state index contributed by atoms with van der Waals surface area (Å²) in [6, 6.07) is 6.79. The Hall–Kier alpha value is -0.0903. The molecule has 1 rings (SSSR count). The number of ketones is 1. The van der Waals surface area contributed by atoms with Gasteiger partial charge in [-0.05, 0) is 36.6 Å². The molecule has 1 aromatic carbocycles. The molecule has 0 saturated carbocycles. The summed E-state index contributed by atoms with van der Waals surface area (Å²) >= 11 is 0. The summed E-state index contributed by atoms with van der Waals surface area (Å²) in [5.41, 5.74) is 1.20. The molecule has 0 aliphatic rings. The molecule has 0 fully saturated rings. The van der Waals surface area contributed by atoms with Gasteiger partial charge in [-0.15, -0.1) is 0 Å². The Balaban J connectivity index is -0.000000498. The van der Waals surface area contributed by atoms with Crippen molar-refractivity contribution in [3.8, 4) is 5.75 Å². The predicted octanol–water partition coefficient (Wildman–Crippen LogP) is 5.61. The van der Waals surface area contributed by atoms with E-state index in [-0.39, 0.29) is 60.7 Å². The van der Waals surface area contributed by atoms with E-state index in [1.165, 1.54) is 6.42 Å². The molecular formula is C22H41ArNO2. The molecule has 0 aromatic heterocycles. The number of phenols is 1. The molecule has 0 saturated heterocycles. The van der Waals surface area contributed by atoms with Crippen LogP contribution >= 0.6 is 0 Å². The van der Waals surface area contributed by atoms with E-state index in [1.807, 2.05) is 32.9 Å². The molecule has 4 heteroatoms. The van der Waals surface area contributed by atoms with E-state index < -0.39 is 0 Å². The first-order valence-corrected chi connectivity index (χ1v) is 9.25. The fourth-order valence-electron chi connectivity index (χ4n) is 1.72. The third-order valence-corrected chi connectivity index (χ3v) is 2.78. The van der Waals surface area contributed by atoms with Gasteiger partial charge in [0.05, 0.1) is 6.04 Å². The normalized spacial score (nSPS) is 11.8. The Morgan fingerprint density at radius 2 is 1.35 bits per heavy atom. The predicted molar refractivity (Wildman–Crippen MR) is 110 cm³/mol. The van der Waals surface area contributed by atoms with Crippen LogP contribution in [0.15, 0.2) is 24.3 Å². The molecule has 0 spiro atoms. The third kappa shape index (κ3) is 18.7. The van der Waals surface area contributed by atoms with Crippen LogP contribution in [0.1, 0.15) is 74.3 Å². The Morgan fingerprint density at radius 3 is 1.62 bits per heavy atom. The number of carbonyl (C=O) groups is 1. The van der Waals surface area contributed by atoms with Crippen LogP contribution in [-0.4, -0.2) is 24.0 Å². The minimum absolute atomic E-state index is 0. The number of likely N-dealkylation sites (N-methyl/N-ethyl adjacent to an activating group) is 1. The molecule has 1 atom stereocenters. The number of nitrogens with one attached hydrogen (secondary N) is 1. The fourth-order valence-corrected chi connectivity index (χ4v) is 1.72. The van der Waals surface area contributed by atoms with E-state index in [1.54, 1.807) is 19.2 Å². The molecule has 1 aromatic rings. The monoisotopic (exact) mass is 391 g/mol. The summed E-state index contributed by atoms with van der Waals surface area (Å²) < 4.78 is 0. The first kappa shape index (κ1) is 30.6. The topological polar surface area (TPSA) is 49.3 Å². The maximum Gasteiger partial charge on any atom is 0.155 e. The second kappa shape index (κ2) is 14.9. The van der Waals surface area contributed by atoms with Crippen LogP contribution in [0.2, 0.25) is 0 Å². The van der Waals surface area contributed by atoms with Gasteiger partial charge < -0.3 is 10.4 Å². The summed E-state index contributed by atoms with van der Waals surface area (Å²) in [7, 11) is 1.80. The second-order valence-electron chi connectivity index (χ2n) is 9.03. The minimum Gasteiger partial charge on any atom is -0.508 e. The van der Waals surface area contributed by atoms with E-state index >= 15 is 0 Å². The van der Waals surface area contributed by atoms with Crippen molar-refractivity contribution in [1.29, 1.82) is 0 Å². The number of rotatable bonds is 4. The van der Waals surface area contributed by atoms with Crippen molar-refractivity contribution in [3.63, 3.8) is 0 Å². The number of hydrogen-bond donors (Lipinski definition) is 2. The number of Topliss-reactive ketones (excluding diaryl/α,β-unsaturated/α-hetero) is 1. The molecule has 3 nitrogen and oxygen atoms in total. The Morgan fingerprint density at radius 1 is 1.00 bits per heavy atom. The largest absolute Gasteiger partial charge is 0.508 e. The molecule has 0 aliphatic carbocycles. The van der Waals surface area contributed by atoms with Gasteiger partial charge in [0.15, 0.2) is 5.78 Å². The van der Waals surface area contributed by atoms with Gasteiger partial charge in [0.25, 0.3) is 0 Å². The van der Waals surface area contributed by atoms with Crippen molar-refractivity contribution in [2.24, 2.45) is 10.8 Å². The molecule has 0 bridgehead atoms. The minimum atomic E-state index is -0.343. The van der Waals surface area contributed by atoms with Crippen LogP contribution in [0.4, 0.5) is 0 Å². The zero-order valence-electron chi connectivity index (χ0n) is 18.5. The van der Waals surface area contributed by atoms with Gasteiger partial charge in [0.1, 0.15) is 5.75 Å². The number of carbonyl (C=O) groups excluding carboxylic acids is 1. The molecule has 2 N–H and O–H groups in total. The standard InChI is InChI=1S/C14H21NO2.C5H12.C3H8.Ar/c1-14(2,3)13(17)12(15-4)9-10-5-7-11(16)8-6-10;1-5(2,3)4;1-3-2;/h5-8,12,15-16H,9H2,1-4H3;1-4H3;3H2,1-2H3;. The molecule has 0 amide bonds. The molecule has 0 heterocycles. The van der Waals surface area contributed by atoms with Crippen molar-refractivity contribution in [3.05, 3.63) is 29.8 Å². The van der Waals surface area contributed by atoms with Crippen molar-refractivity contribution in [2.45, 2.75) is 81.2 Å². The van der Waals surface area contributed by atoms with Crippen molar-refractivity contribution < 1.29 is 47.6 Å². The van der Waals surface area contributed by atoms with Gasteiger partial charge in [-0.25, -0.2) is 0 Å². The van der Waals surface area contributed by atoms with Crippen LogP contribution in [0.3, 0.4) is 0 Å². The molecular weight excluding hydrogens is 350 g/mol. The number of hydrogen-bond acceptors (Lipinski definition) is 3. The molecule has 26 heavy (non-hydrogen) atoms. The Kier molecular flexibility index (Phi) is 17.6. The van der Waals surface area contributed by atoms with E-state index in [4.69, 9.17) is 0 Å². The maximum absolute atomic E-state index is 12.2. The zero-order valence-corrected chi connectivity index (χ0v) is 19.2. The smallest absolute Gasteiger partial charge is 0.155 e. The fraction of sp³-hybridized carbons (Fsp3) is 0.682. The average Bonchev–Trinajstić information content (AvgIpc) is 2.44. The summed E-state index contributed by atoms with van der Waals surface area (Å²) in [5.74, 6) is 0.449. The number of benzene rings is 1. The first-order chi connectivity index (χ1) is 11.3. The molecule has 1 unspecified atom stereocenters. The summed E-state index contributed by atoms with van der Waals surface area (Å²) in [4.78, 5) is 12.2. The van der Waals surface area contributed by atoms with Crippen LogP contribution in [0, 0.1) is 48.6 Å². The van der Waals surface area contributed by atoms with E-state index in [0.29, 0.717) is 11.8 Å². The molecule has 0 radical (unpaired) electrons. The van der Waals surface area contributed by atoms with Gasteiger partial charge in [-0.1, -0.05) is 80.9 Å². The van der Waals surface area contributed by atoms with E-state index in [0.717, 1.165) is 5.56 Å². The van der Waals surface area contributed by atoms with Crippen molar-refractivity contribution in [2.75, 3.05) is 7.05 Å². The second-order valence-corrected chi connectivity index (χ2v) is 9.03. The Labute approximate surface area is 192 Å². The zero-order chi connectivity index (χ0) is 20.3. The van der Waals surface area contributed by atoms with Crippen molar-refractivity contribution in [1.82, 2.24) is 5.32 Å². The van der Waals surface area contributed by atoms with Crippen LogP contribution in [0.25, 0.3) is 0 Å². The number of aromatic hydroxyl groups is 1. The maximum atomic E-state index is 12.2. The van der Waals surface area contributed by atoms with Crippen molar-refractivity contribution >= 4 is 5.78 Å². The van der Waals surface area contributed by atoms with E-state index in [2.05, 4.69) is 46.9 Å². The molecule has 154 valence electrons. The summed E-state index contributed by atoms with van der Waals surface area (Å²) in [6.45, 7) is 18.8.